The van der Waals surface area contributed by atoms with Crippen molar-refractivity contribution in [3.05, 3.63) is 41.1 Å². The lowest BCUT2D eigenvalue weighted by atomic mass is 9.96. The van der Waals surface area contributed by atoms with Gasteiger partial charge in [0.15, 0.2) is 5.78 Å². The van der Waals surface area contributed by atoms with Crippen LogP contribution in [0.2, 0.25) is 0 Å². The summed E-state index contributed by atoms with van der Waals surface area (Å²) in [6.07, 6.45) is 4.85. The summed E-state index contributed by atoms with van der Waals surface area (Å²) in [5.74, 6) is 2.07. The number of benzene rings is 1. The Labute approximate surface area is 160 Å². The summed E-state index contributed by atoms with van der Waals surface area (Å²) in [5.41, 5.74) is 8.53. The van der Waals surface area contributed by atoms with Gasteiger partial charge in [-0.05, 0) is 38.0 Å². The zero-order valence-corrected chi connectivity index (χ0v) is 16.4. The molecule has 144 valence electrons. The lowest BCUT2D eigenvalue weighted by Crippen LogP contribution is -2.30. The molecule has 1 aromatic heterocycles. The highest BCUT2D eigenvalue weighted by molar-refractivity contribution is 5.96. The maximum atomic E-state index is 12.3. The monoisotopic (exact) mass is 368 g/mol. The van der Waals surface area contributed by atoms with Gasteiger partial charge in [-0.2, -0.15) is 4.98 Å². The molecule has 2 N–H and O–H groups in total. The number of nitrogens with zero attached hydrogens (tertiary/aromatic N) is 3. The first-order valence-corrected chi connectivity index (χ1v) is 9.62. The fraction of sp³-hybridized carbons (Fsp3) is 0.476. The highest BCUT2D eigenvalue weighted by atomic mass is 16.5. The maximum Gasteiger partial charge on any atom is 0.222 e. The Morgan fingerprint density at radius 2 is 2.07 bits per heavy atom. The Bertz CT molecular complexity index is 802. The number of aryl methyl sites for hydroxylation is 1. The molecule has 3 rings (SSSR count). The third kappa shape index (κ3) is 4.21. The minimum atomic E-state index is 0.0840. The van der Waals surface area contributed by atoms with Gasteiger partial charge in [-0.1, -0.05) is 19.8 Å². The van der Waals surface area contributed by atoms with E-state index >= 15 is 0 Å². The first kappa shape index (κ1) is 19.1. The van der Waals surface area contributed by atoms with Crippen LogP contribution in [0.1, 0.15) is 66.7 Å². The zero-order valence-electron chi connectivity index (χ0n) is 16.4. The lowest BCUT2D eigenvalue weighted by Gasteiger charge is -2.32. The van der Waals surface area contributed by atoms with Gasteiger partial charge in [-0.3, -0.25) is 4.79 Å². The standard InChI is InChI=1S/C21H28N4O2/c1-4-18(26)15-9-10-19(27-3)16(13-15)17-8-6-5-7-11-25(17)20-12-14(2)23-21(22)24-20/h9-10,12-13,17H,4-8,11H2,1-3H3,(H2,22,23,24)/t17-/m1/s1. The van der Waals surface area contributed by atoms with E-state index in [0.29, 0.717) is 6.42 Å². The summed E-state index contributed by atoms with van der Waals surface area (Å²) in [6.45, 7) is 4.70. The van der Waals surface area contributed by atoms with E-state index < -0.39 is 0 Å². The van der Waals surface area contributed by atoms with Crippen LogP contribution in [-0.2, 0) is 0 Å². The number of ether oxygens (including phenoxy) is 1. The van der Waals surface area contributed by atoms with Gasteiger partial charge in [0.2, 0.25) is 5.95 Å². The number of nitrogens with two attached hydrogens (primary N) is 1. The van der Waals surface area contributed by atoms with E-state index in [2.05, 4.69) is 14.9 Å². The molecular weight excluding hydrogens is 340 g/mol. The first-order chi connectivity index (χ1) is 13.0. The number of carbonyl (C=O) groups excluding carboxylic acids is 1. The molecule has 1 atom stereocenters. The fourth-order valence-corrected chi connectivity index (χ4v) is 3.80. The van der Waals surface area contributed by atoms with Crippen molar-refractivity contribution in [2.24, 2.45) is 0 Å². The molecule has 6 nitrogen and oxygen atoms in total. The molecule has 6 heteroatoms. The molecule has 0 amide bonds. The molecule has 1 fully saturated rings. The third-order valence-electron chi connectivity index (χ3n) is 5.14. The summed E-state index contributed by atoms with van der Waals surface area (Å²) in [6, 6.07) is 7.80. The van der Waals surface area contributed by atoms with E-state index in [4.69, 9.17) is 10.5 Å². The van der Waals surface area contributed by atoms with Crippen LogP contribution in [0.5, 0.6) is 5.75 Å². The highest BCUT2D eigenvalue weighted by Gasteiger charge is 2.27. The van der Waals surface area contributed by atoms with Gasteiger partial charge in [0.25, 0.3) is 0 Å². The molecule has 1 aromatic carbocycles. The summed E-state index contributed by atoms with van der Waals surface area (Å²) in [7, 11) is 1.67. The molecule has 0 unspecified atom stereocenters. The van der Waals surface area contributed by atoms with Crippen LogP contribution < -0.4 is 15.4 Å². The van der Waals surface area contributed by atoms with Crippen LogP contribution in [-0.4, -0.2) is 29.4 Å². The quantitative estimate of drug-likeness (QED) is 0.801. The number of Topliss-reactive ketones (excluding diaryl/α,β-unsaturated/α-hetero) is 1. The van der Waals surface area contributed by atoms with E-state index in [-0.39, 0.29) is 17.8 Å². The van der Waals surface area contributed by atoms with Gasteiger partial charge in [-0.15, -0.1) is 0 Å². The van der Waals surface area contributed by atoms with Gasteiger partial charge in [0, 0.05) is 35.9 Å². The Hall–Kier alpha value is -2.63. The highest BCUT2D eigenvalue weighted by Crippen LogP contribution is 2.38. The van der Waals surface area contributed by atoms with Gasteiger partial charge in [0.1, 0.15) is 11.6 Å². The van der Waals surface area contributed by atoms with Crippen LogP contribution in [0.3, 0.4) is 0 Å². The van der Waals surface area contributed by atoms with Crippen molar-refractivity contribution in [2.75, 3.05) is 24.3 Å². The molecule has 1 aliphatic rings. The molecule has 0 aliphatic carbocycles. The van der Waals surface area contributed by atoms with Crippen molar-refractivity contribution in [1.29, 1.82) is 0 Å². The fourth-order valence-electron chi connectivity index (χ4n) is 3.80. The summed E-state index contributed by atoms with van der Waals surface area (Å²) < 4.78 is 5.64. The Morgan fingerprint density at radius 3 is 2.78 bits per heavy atom. The molecule has 2 heterocycles. The van der Waals surface area contributed by atoms with Crippen molar-refractivity contribution in [3.63, 3.8) is 0 Å². The second-order valence-electron chi connectivity index (χ2n) is 7.02. The summed E-state index contributed by atoms with van der Waals surface area (Å²) in [4.78, 5) is 23.2. The molecular formula is C21H28N4O2. The molecule has 1 saturated heterocycles. The second kappa shape index (κ2) is 8.37. The van der Waals surface area contributed by atoms with Gasteiger partial charge >= 0.3 is 0 Å². The van der Waals surface area contributed by atoms with Gasteiger partial charge in [-0.25, -0.2) is 4.98 Å². The molecule has 27 heavy (non-hydrogen) atoms. The van der Waals surface area contributed by atoms with Crippen LogP contribution in [0, 0.1) is 6.92 Å². The van der Waals surface area contributed by atoms with Crippen LogP contribution >= 0.6 is 0 Å². The topological polar surface area (TPSA) is 81.3 Å². The Kier molecular flexibility index (Phi) is 5.94. The van der Waals surface area contributed by atoms with E-state index in [9.17, 15) is 4.79 Å². The molecule has 0 radical (unpaired) electrons. The van der Waals surface area contributed by atoms with Crippen molar-refractivity contribution >= 4 is 17.5 Å². The molecule has 1 aliphatic heterocycles. The number of hydrogen-bond acceptors (Lipinski definition) is 6. The van der Waals surface area contributed by atoms with Gasteiger partial charge < -0.3 is 15.4 Å². The minimum Gasteiger partial charge on any atom is -0.496 e. The first-order valence-electron chi connectivity index (χ1n) is 9.62. The lowest BCUT2D eigenvalue weighted by molar-refractivity contribution is 0.0988. The minimum absolute atomic E-state index is 0.0840. The number of aromatic nitrogens is 2. The van der Waals surface area contributed by atoms with E-state index in [1.165, 1.54) is 6.42 Å². The van der Waals surface area contributed by atoms with Crippen molar-refractivity contribution in [2.45, 2.75) is 52.0 Å². The smallest absolute Gasteiger partial charge is 0.222 e. The van der Waals surface area contributed by atoms with Crippen molar-refractivity contribution in [1.82, 2.24) is 9.97 Å². The number of carbonyl (C=O) groups is 1. The molecule has 0 saturated carbocycles. The van der Waals surface area contributed by atoms with E-state index in [0.717, 1.165) is 54.2 Å². The number of methoxy groups -OCH3 is 1. The van der Waals surface area contributed by atoms with Crippen LogP contribution in [0.4, 0.5) is 11.8 Å². The predicted octanol–water partition coefficient (Wildman–Crippen LogP) is 4.09. The Balaban J connectivity index is 2.09. The summed E-state index contributed by atoms with van der Waals surface area (Å²) >= 11 is 0. The SMILES string of the molecule is CCC(=O)c1ccc(OC)c([C@H]2CCCCCN2c2cc(C)nc(N)n2)c1. The van der Waals surface area contributed by atoms with Crippen LogP contribution in [0.15, 0.2) is 24.3 Å². The zero-order chi connectivity index (χ0) is 19.4. The Morgan fingerprint density at radius 1 is 1.26 bits per heavy atom. The van der Waals surface area contributed by atoms with Crippen LogP contribution in [0.25, 0.3) is 0 Å². The van der Waals surface area contributed by atoms with Gasteiger partial charge in [0.05, 0.1) is 13.2 Å². The predicted molar refractivity (Wildman–Crippen MR) is 107 cm³/mol. The van der Waals surface area contributed by atoms with Crippen molar-refractivity contribution in [3.8, 4) is 5.75 Å². The molecule has 0 spiro atoms. The largest absolute Gasteiger partial charge is 0.496 e. The molecule has 0 bridgehead atoms. The maximum absolute atomic E-state index is 12.3. The number of ketones is 1. The normalized spacial score (nSPS) is 17.4. The average molecular weight is 368 g/mol. The third-order valence-corrected chi connectivity index (χ3v) is 5.14. The number of nitrogen functional groups attached to an aromatic ring is 1. The average Bonchev–Trinajstić information content (AvgIpc) is 2.92. The van der Waals surface area contributed by atoms with E-state index in [1.807, 2.05) is 38.1 Å². The van der Waals surface area contributed by atoms with Crippen molar-refractivity contribution < 1.29 is 9.53 Å². The number of rotatable bonds is 5. The number of anilines is 2. The molecule has 2 aromatic rings. The van der Waals surface area contributed by atoms with E-state index in [1.54, 1.807) is 7.11 Å². The summed E-state index contributed by atoms with van der Waals surface area (Å²) in [5, 5.41) is 0. The second-order valence-corrected chi connectivity index (χ2v) is 7.02. The number of hydrogen-bond donors (Lipinski definition) is 1.